The predicted octanol–water partition coefficient (Wildman–Crippen LogP) is 5.91. The van der Waals surface area contributed by atoms with E-state index in [2.05, 4.69) is 83.0 Å². The van der Waals surface area contributed by atoms with Crippen molar-refractivity contribution in [3.8, 4) is 0 Å². The zero-order valence-electron chi connectivity index (χ0n) is 16.6. The SMILES string of the molecule is C=CCCC(CC)(CO[Si](C)(C)C(C)(C)C)NCc1ccccc1. The molecule has 136 valence electrons. The highest BCUT2D eigenvalue weighted by molar-refractivity contribution is 6.74. The van der Waals surface area contributed by atoms with Gasteiger partial charge in [-0.25, -0.2) is 0 Å². The third kappa shape index (κ3) is 6.19. The molecule has 2 nitrogen and oxygen atoms in total. The highest BCUT2D eigenvalue weighted by atomic mass is 28.4. The number of hydrogen-bond acceptors (Lipinski definition) is 2. The molecule has 1 aromatic carbocycles. The fourth-order valence-electron chi connectivity index (χ4n) is 2.41. The third-order valence-corrected chi connectivity index (χ3v) is 10.0. The van der Waals surface area contributed by atoms with Crippen molar-refractivity contribution < 1.29 is 4.43 Å². The summed E-state index contributed by atoms with van der Waals surface area (Å²) in [7, 11) is -1.74. The molecule has 0 aliphatic carbocycles. The minimum atomic E-state index is -1.74. The van der Waals surface area contributed by atoms with Crippen LogP contribution < -0.4 is 5.32 Å². The summed E-state index contributed by atoms with van der Waals surface area (Å²) in [6, 6.07) is 10.6. The Balaban J connectivity index is 2.82. The van der Waals surface area contributed by atoms with Crippen LogP contribution in [0.5, 0.6) is 0 Å². The zero-order chi connectivity index (χ0) is 18.3. The summed E-state index contributed by atoms with van der Waals surface area (Å²) in [6.45, 7) is 19.4. The van der Waals surface area contributed by atoms with Crippen LogP contribution in [0, 0.1) is 0 Å². The predicted molar refractivity (Wildman–Crippen MR) is 109 cm³/mol. The Hall–Kier alpha value is -0.903. The topological polar surface area (TPSA) is 21.3 Å². The maximum absolute atomic E-state index is 6.58. The second-order valence-corrected chi connectivity index (χ2v) is 13.2. The van der Waals surface area contributed by atoms with Gasteiger partial charge in [0.1, 0.15) is 0 Å². The number of benzene rings is 1. The van der Waals surface area contributed by atoms with Gasteiger partial charge in [-0.3, -0.25) is 0 Å². The summed E-state index contributed by atoms with van der Waals surface area (Å²) in [5, 5.41) is 4.05. The molecule has 1 unspecified atom stereocenters. The van der Waals surface area contributed by atoms with Gasteiger partial charge < -0.3 is 9.74 Å². The van der Waals surface area contributed by atoms with E-state index in [1.807, 2.05) is 6.08 Å². The van der Waals surface area contributed by atoms with Gasteiger partial charge in [-0.1, -0.05) is 64.1 Å². The molecule has 0 aromatic heterocycles. The van der Waals surface area contributed by atoms with E-state index in [1.54, 1.807) is 0 Å². The Morgan fingerprint density at radius 3 is 2.29 bits per heavy atom. The molecular formula is C21H37NOSi. The van der Waals surface area contributed by atoms with Crippen LogP contribution >= 0.6 is 0 Å². The van der Waals surface area contributed by atoms with Crippen molar-refractivity contribution >= 4 is 8.32 Å². The van der Waals surface area contributed by atoms with Crippen molar-refractivity contribution in [3.63, 3.8) is 0 Å². The van der Waals surface area contributed by atoms with Crippen molar-refractivity contribution in [1.29, 1.82) is 0 Å². The van der Waals surface area contributed by atoms with Crippen molar-refractivity contribution in [1.82, 2.24) is 5.32 Å². The highest BCUT2D eigenvalue weighted by Crippen LogP contribution is 2.37. The largest absolute Gasteiger partial charge is 0.415 e. The number of nitrogens with one attached hydrogen (secondary N) is 1. The molecule has 1 rings (SSSR count). The lowest BCUT2D eigenvalue weighted by Crippen LogP contribution is -2.52. The quantitative estimate of drug-likeness (QED) is 0.419. The molecule has 0 amide bonds. The first-order valence-corrected chi connectivity index (χ1v) is 12.1. The molecule has 0 saturated heterocycles. The van der Waals surface area contributed by atoms with Crippen LogP contribution in [-0.2, 0) is 11.0 Å². The van der Waals surface area contributed by atoms with E-state index < -0.39 is 8.32 Å². The van der Waals surface area contributed by atoms with Crippen LogP contribution in [0.25, 0.3) is 0 Å². The Bertz CT molecular complexity index is 492. The van der Waals surface area contributed by atoms with Gasteiger partial charge in [-0.05, 0) is 43.0 Å². The summed E-state index contributed by atoms with van der Waals surface area (Å²) in [5.41, 5.74) is 1.33. The Labute approximate surface area is 150 Å². The van der Waals surface area contributed by atoms with Crippen LogP contribution in [0.2, 0.25) is 18.1 Å². The fourth-order valence-corrected chi connectivity index (χ4v) is 3.48. The lowest BCUT2D eigenvalue weighted by molar-refractivity contribution is 0.150. The Morgan fingerprint density at radius 1 is 1.17 bits per heavy atom. The average Bonchev–Trinajstić information content (AvgIpc) is 2.54. The zero-order valence-corrected chi connectivity index (χ0v) is 17.6. The molecule has 0 spiro atoms. The lowest BCUT2D eigenvalue weighted by Gasteiger charge is -2.41. The van der Waals surface area contributed by atoms with Gasteiger partial charge in [0.05, 0.1) is 6.61 Å². The molecule has 1 N–H and O–H groups in total. The van der Waals surface area contributed by atoms with Crippen LogP contribution in [-0.4, -0.2) is 20.5 Å². The van der Waals surface area contributed by atoms with Gasteiger partial charge in [0.2, 0.25) is 0 Å². The minimum Gasteiger partial charge on any atom is -0.415 e. The number of hydrogen-bond donors (Lipinski definition) is 1. The molecule has 0 fully saturated rings. The van der Waals surface area contributed by atoms with Gasteiger partial charge in [0.25, 0.3) is 0 Å². The molecule has 1 aromatic rings. The molecule has 0 aliphatic heterocycles. The normalized spacial score (nSPS) is 15.1. The summed E-state index contributed by atoms with van der Waals surface area (Å²) in [4.78, 5) is 0. The van der Waals surface area contributed by atoms with Gasteiger partial charge in [0, 0.05) is 12.1 Å². The highest BCUT2D eigenvalue weighted by Gasteiger charge is 2.39. The fraction of sp³-hybridized carbons (Fsp3) is 0.619. The monoisotopic (exact) mass is 347 g/mol. The van der Waals surface area contributed by atoms with Gasteiger partial charge in [0.15, 0.2) is 8.32 Å². The first-order chi connectivity index (χ1) is 11.2. The first kappa shape index (κ1) is 21.1. The number of allylic oxidation sites excluding steroid dienone is 1. The van der Waals surface area contributed by atoms with Crippen LogP contribution in [0.3, 0.4) is 0 Å². The summed E-state index contributed by atoms with van der Waals surface area (Å²) >= 11 is 0. The van der Waals surface area contributed by atoms with Crippen LogP contribution in [0.15, 0.2) is 43.0 Å². The molecule has 0 radical (unpaired) electrons. The van der Waals surface area contributed by atoms with Crippen molar-refractivity contribution in [2.75, 3.05) is 6.61 Å². The second kappa shape index (κ2) is 8.98. The van der Waals surface area contributed by atoms with Crippen LogP contribution in [0.4, 0.5) is 0 Å². The van der Waals surface area contributed by atoms with E-state index in [-0.39, 0.29) is 10.6 Å². The summed E-state index contributed by atoms with van der Waals surface area (Å²) in [6.07, 6.45) is 5.15. The van der Waals surface area contributed by atoms with E-state index in [0.29, 0.717) is 0 Å². The molecule has 3 heteroatoms. The molecule has 0 aliphatic rings. The first-order valence-electron chi connectivity index (χ1n) is 9.19. The van der Waals surface area contributed by atoms with Crippen LogP contribution in [0.1, 0.15) is 52.5 Å². The molecule has 0 bridgehead atoms. The maximum Gasteiger partial charge on any atom is 0.192 e. The van der Waals surface area contributed by atoms with Gasteiger partial charge in [-0.15, -0.1) is 6.58 Å². The molecular weight excluding hydrogens is 310 g/mol. The average molecular weight is 348 g/mol. The molecule has 0 saturated carbocycles. The smallest absolute Gasteiger partial charge is 0.192 e. The van der Waals surface area contributed by atoms with E-state index in [1.165, 1.54) is 5.56 Å². The molecule has 24 heavy (non-hydrogen) atoms. The third-order valence-electron chi connectivity index (χ3n) is 5.53. The Kier molecular flexibility index (Phi) is 7.91. The standard InChI is InChI=1S/C21H37NOSi/c1-8-10-16-21(9-2,18-23-24(6,7)20(3,4)5)22-17-19-14-12-11-13-15-19/h8,11-15,22H,1,9-10,16-18H2,2-7H3. The van der Waals surface area contributed by atoms with Crippen molar-refractivity contribution in [2.45, 2.75) is 77.2 Å². The van der Waals surface area contributed by atoms with Gasteiger partial charge >= 0.3 is 0 Å². The second-order valence-electron chi connectivity index (χ2n) is 8.35. The van der Waals surface area contributed by atoms with Gasteiger partial charge in [-0.2, -0.15) is 0 Å². The van der Waals surface area contributed by atoms with Crippen molar-refractivity contribution in [2.24, 2.45) is 0 Å². The number of rotatable bonds is 10. The van der Waals surface area contributed by atoms with E-state index >= 15 is 0 Å². The van der Waals surface area contributed by atoms with E-state index in [0.717, 1.165) is 32.4 Å². The Morgan fingerprint density at radius 2 is 1.79 bits per heavy atom. The van der Waals surface area contributed by atoms with E-state index in [9.17, 15) is 0 Å². The van der Waals surface area contributed by atoms with Crippen molar-refractivity contribution in [3.05, 3.63) is 48.6 Å². The molecule has 1 atom stereocenters. The maximum atomic E-state index is 6.58. The summed E-state index contributed by atoms with van der Waals surface area (Å²) < 4.78 is 6.58. The molecule has 0 heterocycles. The minimum absolute atomic E-state index is 0.0134. The summed E-state index contributed by atoms with van der Waals surface area (Å²) in [5.74, 6) is 0. The lowest BCUT2D eigenvalue weighted by atomic mass is 9.91. The van der Waals surface area contributed by atoms with E-state index in [4.69, 9.17) is 4.43 Å².